The highest BCUT2D eigenvalue weighted by molar-refractivity contribution is 7.13. The fourth-order valence-corrected chi connectivity index (χ4v) is 3.45. The summed E-state index contributed by atoms with van der Waals surface area (Å²) in [5.41, 5.74) is 3.24. The second kappa shape index (κ2) is 9.30. The molecule has 0 unspecified atom stereocenters. The summed E-state index contributed by atoms with van der Waals surface area (Å²) in [6.07, 6.45) is 4.42. The number of hydrogen-bond acceptors (Lipinski definition) is 5. The maximum atomic E-state index is 5.79. The fourth-order valence-electron chi connectivity index (χ4n) is 2.61. The molecule has 0 N–H and O–H groups in total. The van der Waals surface area contributed by atoms with Crippen molar-refractivity contribution in [2.75, 3.05) is 6.61 Å². The van der Waals surface area contributed by atoms with Crippen LogP contribution in [0.2, 0.25) is 0 Å². The minimum atomic E-state index is 0. The van der Waals surface area contributed by atoms with Crippen molar-refractivity contribution in [2.45, 2.75) is 13.0 Å². The standard InChI is InChI=1S/C20H18N4OS.ClH/c1-2-5-17(6-3-1)20-22-19(15-26-20)16-7-9-18(10-8-16)25-14-4-12-24-13-11-21-23-24;/h1-3,5-11,13,15H,4,12,14H2;1H. The van der Waals surface area contributed by atoms with Gasteiger partial charge in [-0.25, -0.2) is 4.98 Å². The molecule has 0 atom stereocenters. The third-order valence-electron chi connectivity index (χ3n) is 3.95. The van der Waals surface area contributed by atoms with E-state index >= 15 is 0 Å². The largest absolute Gasteiger partial charge is 0.494 e. The zero-order valence-corrected chi connectivity index (χ0v) is 16.2. The van der Waals surface area contributed by atoms with Gasteiger partial charge in [0.05, 0.1) is 18.5 Å². The molecule has 0 radical (unpaired) electrons. The fraction of sp³-hybridized carbons (Fsp3) is 0.150. The summed E-state index contributed by atoms with van der Waals surface area (Å²) in [4.78, 5) is 4.75. The van der Waals surface area contributed by atoms with Crippen molar-refractivity contribution in [3.63, 3.8) is 0 Å². The van der Waals surface area contributed by atoms with E-state index < -0.39 is 0 Å². The number of hydrogen-bond donors (Lipinski definition) is 0. The zero-order chi connectivity index (χ0) is 17.6. The number of aromatic nitrogens is 4. The van der Waals surface area contributed by atoms with Crippen molar-refractivity contribution < 1.29 is 4.74 Å². The number of nitrogens with zero attached hydrogens (tertiary/aromatic N) is 4. The smallest absolute Gasteiger partial charge is 0.124 e. The molecule has 5 nitrogen and oxygen atoms in total. The first kappa shape index (κ1) is 19.1. The summed E-state index contributed by atoms with van der Waals surface area (Å²) >= 11 is 1.66. The molecule has 0 aliphatic heterocycles. The first-order valence-corrected chi connectivity index (χ1v) is 9.35. The Labute approximate surface area is 168 Å². The Bertz CT molecular complexity index is 940. The topological polar surface area (TPSA) is 52.8 Å². The molecule has 0 aliphatic carbocycles. The van der Waals surface area contributed by atoms with E-state index in [1.54, 1.807) is 22.2 Å². The van der Waals surface area contributed by atoms with Gasteiger partial charge in [0.1, 0.15) is 10.8 Å². The van der Waals surface area contributed by atoms with Gasteiger partial charge in [0.2, 0.25) is 0 Å². The lowest BCUT2D eigenvalue weighted by Crippen LogP contribution is -2.05. The molecule has 4 rings (SSSR count). The van der Waals surface area contributed by atoms with Crippen LogP contribution in [-0.2, 0) is 6.54 Å². The van der Waals surface area contributed by atoms with Crippen LogP contribution < -0.4 is 4.74 Å². The molecule has 0 saturated carbocycles. The molecule has 0 aliphatic rings. The first-order valence-electron chi connectivity index (χ1n) is 8.47. The summed E-state index contributed by atoms with van der Waals surface area (Å²) < 4.78 is 7.59. The van der Waals surface area contributed by atoms with Crippen LogP contribution >= 0.6 is 23.7 Å². The van der Waals surface area contributed by atoms with Gasteiger partial charge in [-0.1, -0.05) is 35.5 Å². The van der Waals surface area contributed by atoms with Crippen LogP contribution in [0, 0.1) is 0 Å². The normalized spacial score (nSPS) is 10.4. The van der Waals surface area contributed by atoms with E-state index in [9.17, 15) is 0 Å². The van der Waals surface area contributed by atoms with Crippen LogP contribution in [-0.4, -0.2) is 26.6 Å². The molecule has 0 fully saturated rings. The Hall–Kier alpha value is -2.70. The van der Waals surface area contributed by atoms with E-state index in [2.05, 4.69) is 40.0 Å². The summed E-state index contributed by atoms with van der Waals surface area (Å²) in [5, 5.41) is 10.9. The first-order chi connectivity index (χ1) is 12.9. The van der Waals surface area contributed by atoms with E-state index in [0.29, 0.717) is 6.61 Å². The molecular formula is C20H19ClN4OS. The molecule has 0 saturated heterocycles. The summed E-state index contributed by atoms with van der Waals surface area (Å²) in [7, 11) is 0. The molecule has 0 bridgehead atoms. The minimum absolute atomic E-state index is 0. The maximum absolute atomic E-state index is 5.79. The average Bonchev–Trinajstić information content (AvgIpc) is 3.39. The molecule has 2 aromatic heterocycles. The Morgan fingerprint density at radius 1 is 0.963 bits per heavy atom. The van der Waals surface area contributed by atoms with E-state index in [1.807, 2.05) is 36.5 Å². The third-order valence-corrected chi connectivity index (χ3v) is 4.84. The number of halogens is 1. The van der Waals surface area contributed by atoms with Gasteiger partial charge in [-0.2, -0.15) is 0 Å². The van der Waals surface area contributed by atoms with Gasteiger partial charge in [0, 0.05) is 35.7 Å². The molecule has 2 aromatic carbocycles. The van der Waals surface area contributed by atoms with Gasteiger partial charge < -0.3 is 4.74 Å². The number of ether oxygens (including phenoxy) is 1. The second-order valence-corrected chi connectivity index (χ2v) is 6.65. The summed E-state index contributed by atoms with van der Waals surface area (Å²) in [5.74, 6) is 0.867. The molecular weight excluding hydrogens is 380 g/mol. The SMILES string of the molecule is Cl.c1ccc(-c2nc(-c3ccc(OCCCn4ccnn4)cc3)cs2)cc1. The Kier molecular flexibility index (Phi) is 6.57. The van der Waals surface area contributed by atoms with Crippen molar-refractivity contribution in [3.05, 3.63) is 72.4 Å². The molecule has 138 valence electrons. The lowest BCUT2D eigenvalue weighted by atomic mass is 10.1. The van der Waals surface area contributed by atoms with Gasteiger partial charge in [0.25, 0.3) is 0 Å². The van der Waals surface area contributed by atoms with Crippen molar-refractivity contribution in [1.29, 1.82) is 0 Å². The van der Waals surface area contributed by atoms with Crippen LogP contribution in [0.4, 0.5) is 0 Å². The van der Waals surface area contributed by atoms with E-state index in [0.717, 1.165) is 40.5 Å². The monoisotopic (exact) mass is 398 g/mol. The zero-order valence-electron chi connectivity index (χ0n) is 14.6. The lowest BCUT2D eigenvalue weighted by Gasteiger charge is -2.06. The van der Waals surface area contributed by atoms with E-state index in [-0.39, 0.29) is 12.4 Å². The van der Waals surface area contributed by atoms with Gasteiger partial charge in [-0.15, -0.1) is 28.8 Å². The summed E-state index contributed by atoms with van der Waals surface area (Å²) in [6.45, 7) is 1.45. The molecule has 0 spiro atoms. The van der Waals surface area contributed by atoms with Crippen LogP contribution in [0.5, 0.6) is 5.75 Å². The number of benzene rings is 2. The molecule has 4 aromatic rings. The number of aryl methyl sites for hydroxylation is 1. The van der Waals surface area contributed by atoms with Gasteiger partial charge in [0.15, 0.2) is 0 Å². The predicted octanol–water partition coefficient (Wildman–Crippen LogP) is 4.96. The van der Waals surface area contributed by atoms with Gasteiger partial charge in [-0.05, 0) is 24.3 Å². The highest BCUT2D eigenvalue weighted by atomic mass is 35.5. The van der Waals surface area contributed by atoms with Gasteiger partial charge in [-0.3, -0.25) is 4.68 Å². The molecule has 27 heavy (non-hydrogen) atoms. The number of thiazole rings is 1. The quantitative estimate of drug-likeness (QED) is 0.413. The summed E-state index contributed by atoms with van der Waals surface area (Å²) in [6, 6.07) is 18.3. The lowest BCUT2D eigenvalue weighted by molar-refractivity contribution is 0.298. The molecule has 7 heteroatoms. The average molecular weight is 399 g/mol. The molecule has 2 heterocycles. The third kappa shape index (κ3) is 4.93. The second-order valence-electron chi connectivity index (χ2n) is 5.80. The van der Waals surface area contributed by atoms with Crippen LogP contribution in [0.3, 0.4) is 0 Å². The molecule has 0 amide bonds. The van der Waals surface area contributed by atoms with Crippen LogP contribution in [0.1, 0.15) is 6.42 Å². The highest BCUT2D eigenvalue weighted by Gasteiger charge is 2.06. The van der Waals surface area contributed by atoms with E-state index in [4.69, 9.17) is 9.72 Å². The predicted molar refractivity (Wildman–Crippen MR) is 110 cm³/mol. The Balaban J connectivity index is 0.00000210. The highest BCUT2D eigenvalue weighted by Crippen LogP contribution is 2.29. The minimum Gasteiger partial charge on any atom is -0.494 e. The van der Waals surface area contributed by atoms with Crippen molar-refractivity contribution in [3.8, 4) is 27.6 Å². The van der Waals surface area contributed by atoms with Crippen molar-refractivity contribution in [2.24, 2.45) is 0 Å². The van der Waals surface area contributed by atoms with Crippen LogP contribution in [0.25, 0.3) is 21.8 Å². The van der Waals surface area contributed by atoms with Crippen molar-refractivity contribution in [1.82, 2.24) is 20.0 Å². The van der Waals surface area contributed by atoms with E-state index in [1.165, 1.54) is 0 Å². The maximum Gasteiger partial charge on any atom is 0.124 e. The Morgan fingerprint density at radius 2 is 1.78 bits per heavy atom. The van der Waals surface area contributed by atoms with Crippen molar-refractivity contribution >= 4 is 23.7 Å². The Morgan fingerprint density at radius 3 is 2.52 bits per heavy atom. The van der Waals surface area contributed by atoms with Gasteiger partial charge >= 0.3 is 0 Å². The van der Waals surface area contributed by atoms with Crippen LogP contribution in [0.15, 0.2) is 72.4 Å². The number of rotatable bonds is 7.